The number of benzene rings is 1. The zero-order valence-electron chi connectivity index (χ0n) is 11.2. The lowest BCUT2D eigenvalue weighted by molar-refractivity contribution is -0.113. The van der Waals surface area contributed by atoms with Gasteiger partial charge < -0.3 is 4.90 Å². The predicted molar refractivity (Wildman–Crippen MR) is 86.3 cm³/mol. The van der Waals surface area contributed by atoms with Crippen molar-refractivity contribution in [1.82, 2.24) is 0 Å². The standard InChI is InChI=1S/C14H13Cl4NO/c1-13(2)9-6-8(15)4-5-10(9)19(3)11(13)7-12(20)14(16,17)18/h4-7H,1-3H3/b11-7-. The largest absolute Gasteiger partial charge is 0.347 e. The maximum Gasteiger partial charge on any atom is 0.252 e. The van der Waals surface area contributed by atoms with Crippen molar-refractivity contribution in [2.75, 3.05) is 11.9 Å². The van der Waals surface area contributed by atoms with Crippen LogP contribution in [0, 0.1) is 0 Å². The van der Waals surface area contributed by atoms with Gasteiger partial charge >= 0.3 is 0 Å². The molecule has 0 spiro atoms. The van der Waals surface area contributed by atoms with E-state index in [0.29, 0.717) is 5.02 Å². The highest BCUT2D eigenvalue weighted by molar-refractivity contribution is 6.77. The minimum atomic E-state index is -1.95. The quantitative estimate of drug-likeness (QED) is 0.529. The first-order valence-corrected chi connectivity index (χ1v) is 7.43. The normalized spacial score (nSPS) is 19.4. The molecule has 6 heteroatoms. The first-order valence-electron chi connectivity index (χ1n) is 5.92. The Bertz CT molecular complexity index is 602. The second kappa shape index (κ2) is 5.10. The molecule has 2 nitrogen and oxygen atoms in total. The molecule has 0 radical (unpaired) electrons. The molecule has 0 atom stereocenters. The van der Waals surface area contributed by atoms with Crippen LogP contribution >= 0.6 is 46.4 Å². The van der Waals surface area contributed by atoms with E-state index in [9.17, 15) is 4.79 Å². The third-order valence-electron chi connectivity index (χ3n) is 3.54. The molecule has 2 rings (SSSR count). The zero-order valence-corrected chi connectivity index (χ0v) is 14.2. The molecule has 0 amide bonds. The predicted octanol–water partition coefficient (Wildman–Crippen LogP) is 4.89. The fourth-order valence-electron chi connectivity index (χ4n) is 2.47. The van der Waals surface area contributed by atoms with Crippen molar-refractivity contribution < 1.29 is 4.79 Å². The number of anilines is 1. The van der Waals surface area contributed by atoms with E-state index in [-0.39, 0.29) is 5.41 Å². The van der Waals surface area contributed by atoms with Crippen LogP contribution < -0.4 is 4.90 Å². The number of rotatable bonds is 1. The van der Waals surface area contributed by atoms with Gasteiger partial charge in [-0.25, -0.2) is 0 Å². The van der Waals surface area contributed by atoms with Crippen molar-refractivity contribution in [1.29, 1.82) is 0 Å². The number of ketones is 1. The maximum atomic E-state index is 11.9. The van der Waals surface area contributed by atoms with Gasteiger partial charge in [0.15, 0.2) is 0 Å². The maximum absolute atomic E-state index is 11.9. The molecule has 1 aromatic carbocycles. The van der Waals surface area contributed by atoms with Crippen LogP contribution in [0.5, 0.6) is 0 Å². The Morgan fingerprint density at radius 1 is 1.30 bits per heavy atom. The third kappa shape index (κ3) is 2.67. The van der Waals surface area contributed by atoms with Gasteiger partial charge in [0, 0.05) is 34.9 Å². The first kappa shape index (κ1) is 16.0. The van der Waals surface area contributed by atoms with E-state index in [1.54, 1.807) is 0 Å². The van der Waals surface area contributed by atoms with Gasteiger partial charge in [-0.1, -0.05) is 60.3 Å². The van der Waals surface area contributed by atoms with E-state index >= 15 is 0 Å². The van der Waals surface area contributed by atoms with Crippen LogP contribution in [0.2, 0.25) is 5.02 Å². The first-order chi connectivity index (χ1) is 9.05. The van der Waals surface area contributed by atoms with E-state index in [4.69, 9.17) is 46.4 Å². The molecule has 0 N–H and O–H groups in total. The number of fused-ring (bicyclic) bond motifs is 1. The summed E-state index contributed by atoms with van der Waals surface area (Å²) in [4.78, 5) is 13.9. The van der Waals surface area contributed by atoms with Crippen molar-refractivity contribution >= 4 is 57.9 Å². The van der Waals surface area contributed by atoms with Crippen molar-refractivity contribution in [3.05, 3.63) is 40.6 Å². The molecular formula is C14H13Cl4NO. The smallest absolute Gasteiger partial charge is 0.252 e. The molecule has 1 heterocycles. The minimum Gasteiger partial charge on any atom is -0.347 e. The summed E-state index contributed by atoms with van der Waals surface area (Å²) in [6.07, 6.45) is 1.39. The number of allylic oxidation sites excluding steroid dienone is 2. The lowest BCUT2D eigenvalue weighted by Gasteiger charge is -2.24. The number of hydrogen-bond donors (Lipinski definition) is 0. The highest BCUT2D eigenvalue weighted by atomic mass is 35.6. The molecule has 1 aliphatic heterocycles. The molecule has 0 saturated carbocycles. The van der Waals surface area contributed by atoms with E-state index < -0.39 is 9.58 Å². The number of hydrogen-bond acceptors (Lipinski definition) is 2. The molecular weight excluding hydrogens is 340 g/mol. The number of likely N-dealkylation sites (N-methyl/N-ethyl adjacent to an activating group) is 1. The second-order valence-corrected chi connectivity index (χ2v) is 7.95. The van der Waals surface area contributed by atoms with Crippen LogP contribution in [0.1, 0.15) is 19.4 Å². The van der Waals surface area contributed by atoms with Gasteiger partial charge in [0.2, 0.25) is 5.78 Å². The number of halogens is 4. The fourth-order valence-corrected chi connectivity index (χ4v) is 2.81. The highest BCUT2D eigenvalue weighted by Gasteiger charge is 2.40. The Morgan fingerprint density at radius 3 is 2.45 bits per heavy atom. The Kier molecular flexibility index (Phi) is 4.07. The van der Waals surface area contributed by atoms with Crippen LogP contribution in [-0.4, -0.2) is 16.6 Å². The number of carbonyl (C=O) groups is 1. The Morgan fingerprint density at radius 2 is 1.90 bits per heavy atom. The molecule has 1 aromatic rings. The van der Waals surface area contributed by atoms with Gasteiger partial charge in [0.05, 0.1) is 0 Å². The van der Waals surface area contributed by atoms with Crippen LogP contribution in [0.4, 0.5) is 5.69 Å². The molecule has 108 valence electrons. The van der Waals surface area contributed by atoms with Crippen molar-refractivity contribution in [2.24, 2.45) is 0 Å². The monoisotopic (exact) mass is 351 g/mol. The molecule has 0 fully saturated rings. The molecule has 20 heavy (non-hydrogen) atoms. The number of nitrogens with zero attached hydrogens (tertiary/aromatic N) is 1. The number of alkyl halides is 3. The van der Waals surface area contributed by atoms with Gasteiger partial charge in [-0.15, -0.1) is 0 Å². The van der Waals surface area contributed by atoms with Crippen molar-refractivity contribution in [2.45, 2.75) is 23.1 Å². The summed E-state index contributed by atoms with van der Waals surface area (Å²) in [6.45, 7) is 4.01. The van der Waals surface area contributed by atoms with Crippen LogP contribution in [0.3, 0.4) is 0 Å². The lowest BCUT2D eigenvalue weighted by atomic mass is 9.83. The topological polar surface area (TPSA) is 20.3 Å². The van der Waals surface area contributed by atoms with E-state index in [1.165, 1.54) is 6.08 Å². The third-order valence-corrected chi connectivity index (χ3v) is 4.34. The minimum absolute atomic E-state index is 0.388. The molecule has 1 aliphatic rings. The number of carbonyl (C=O) groups excluding carboxylic acids is 1. The van der Waals surface area contributed by atoms with Crippen LogP contribution in [0.15, 0.2) is 30.0 Å². The summed E-state index contributed by atoms with van der Waals surface area (Å²) in [5, 5.41) is 0.652. The van der Waals surface area contributed by atoms with E-state index in [0.717, 1.165) is 16.9 Å². The molecule has 0 saturated heterocycles. The Labute approximate surface area is 138 Å². The SMILES string of the molecule is CN1/C(=C\C(=O)C(Cl)(Cl)Cl)C(C)(C)c2cc(Cl)ccc21. The Hall–Kier alpha value is -0.410. The van der Waals surface area contributed by atoms with Gasteiger partial charge in [0.1, 0.15) is 0 Å². The van der Waals surface area contributed by atoms with Crippen LogP contribution in [0.25, 0.3) is 0 Å². The lowest BCUT2D eigenvalue weighted by Crippen LogP contribution is -2.26. The van der Waals surface area contributed by atoms with Gasteiger partial charge in [0.25, 0.3) is 3.79 Å². The molecule has 0 unspecified atom stereocenters. The van der Waals surface area contributed by atoms with Gasteiger partial charge in [-0.05, 0) is 23.8 Å². The molecule has 0 aromatic heterocycles. The van der Waals surface area contributed by atoms with E-state index in [1.807, 2.05) is 44.0 Å². The average molecular weight is 353 g/mol. The van der Waals surface area contributed by atoms with Crippen LogP contribution in [-0.2, 0) is 10.2 Å². The summed E-state index contributed by atoms with van der Waals surface area (Å²) in [6, 6.07) is 5.63. The summed E-state index contributed by atoms with van der Waals surface area (Å²) in [5.74, 6) is -0.559. The summed E-state index contributed by atoms with van der Waals surface area (Å²) in [7, 11) is 1.87. The second-order valence-electron chi connectivity index (χ2n) is 5.24. The van der Waals surface area contributed by atoms with Crippen molar-refractivity contribution in [3.8, 4) is 0 Å². The summed E-state index contributed by atoms with van der Waals surface area (Å²) >= 11 is 23.0. The van der Waals surface area contributed by atoms with Gasteiger partial charge in [-0.3, -0.25) is 4.79 Å². The zero-order chi connectivity index (χ0) is 15.3. The van der Waals surface area contributed by atoms with Gasteiger partial charge in [-0.2, -0.15) is 0 Å². The highest BCUT2D eigenvalue weighted by Crippen LogP contribution is 2.48. The fraction of sp³-hybridized carbons (Fsp3) is 0.357. The van der Waals surface area contributed by atoms with Crippen molar-refractivity contribution in [3.63, 3.8) is 0 Å². The summed E-state index contributed by atoms with van der Waals surface area (Å²) < 4.78 is -1.95. The van der Waals surface area contributed by atoms with E-state index in [2.05, 4.69) is 0 Å². The Balaban J connectivity index is 2.54. The average Bonchev–Trinajstić information content (AvgIpc) is 2.49. The molecule has 0 bridgehead atoms. The molecule has 0 aliphatic carbocycles. The summed E-state index contributed by atoms with van der Waals surface area (Å²) in [5.41, 5.74) is 2.41.